The number of aliphatic hydroxyl groups is 1. The van der Waals surface area contributed by atoms with Gasteiger partial charge in [0.15, 0.2) is 0 Å². The number of carbonyl (C=O) groups excluding carboxylic acids is 4. The zero-order chi connectivity index (χ0) is 29.8. The van der Waals surface area contributed by atoms with Gasteiger partial charge in [0.2, 0.25) is 17.7 Å². The second-order valence-corrected chi connectivity index (χ2v) is 13.1. The second-order valence-electron chi connectivity index (χ2n) is 11.9. The molecule has 0 aromatic carbocycles. The molecule has 0 radical (unpaired) electrons. The maximum absolute atomic E-state index is 14.3. The Kier molecular flexibility index (Phi) is 10.6. The Morgan fingerprint density at radius 2 is 2.00 bits per heavy atom. The number of likely N-dealkylation sites (tertiary alicyclic amines) is 1. The molecule has 3 saturated heterocycles. The van der Waals surface area contributed by atoms with Crippen LogP contribution in [0.2, 0.25) is 0 Å². The third-order valence-corrected chi connectivity index (χ3v) is 8.81. The molecule has 2 N–H and O–H groups in total. The lowest BCUT2D eigenvalue weighted by Crippen LogP contribution is -2.60. The van der Waals surface area contributed by atoms with Crippen LogP contribution in [-0.4, -0.2) is 99.1 Å². The standard InChI is InChI=1S/C29H44BrN3O7/c1-7-9-12-20(35)31-17-18(3)39-27(38)21-22-25(36)32(14-10-11-15-34)24(29(22)16-19(30)23(21)40-29)26(37)33(13-8-2)28(4,5)6/h7-8,18-19,21-24,34H,1-2,9-17H2,3-6H3,(H,31,35)/t18-,19?,21+,22-,23+,24+,29-/m0/s1. The predicted molar refractivity (Wildman–Crippen MR) is 153 cm³/mol. The minimum Gasteiger partial charge on any atom is -0.460 e. The van der Waals surface area contributed by atoms with Crippen LogP contribution in [0.5, 0.6) is 0 Å². The van der Waals surface area contributed by atoms with Crippen LogP contribution in [0.4, 0.5) is 0 Å². The first-order valence-corrected chi connectivity index (χ1v) is 15.0. The van der Waals surface area contributed by atoms with Gasteiger partial charge in [-0.2, -0.15) is 0 Å². The van der Waals surface area contributed by atoms with Crippen molar-refractivity contribution in [2.75, 3.05) is 26.2 Å². The van der Waals surface area contributed by atoms with Gasteiger partial charge in [0.1, 0.15) is 17.7 Å². The summed E-state index contributed by atoms with van der Waals surface area (Å²) >= 11 is 3.66. The topological polar surface area (TPSA) is 125 Å². The molecule has 0 aromatic heterocycles. The van der Waals surface area contributed by atoms with Crippen LogP contribution >= 0.6 is 15.9 Å². The Bertz CT molecular complexity index is 999. The first-order valence-electron chi connectivity index (χ1n) is 14.1. The molecule has 0 aliphatic carbocycles. The zero-order valence-electron chi connectivity index (χ0n) is 24.1. The summed E-state index contributed by atoms with van der Waals surface area (Å²) in [5.74, 6) is -3.08. The van der Waals surface area contributed by atoms with Crippen LogP contribution in [0.25, 0.3) is 0 Å². The molecule has 3 aliphatic rings. The molecule has 40 heavy (non-hydrogen) atoms. The van der Waals surface area contributed by atoms with Gasteiger partial charge < -0.3 is 29.7 Å². The molecular formula is C29H44BrN3O7. The van der Waals surface area contributed by atoms with Gasteiger partial charge in [0.25, 0.3) is 0 Å². The highest BCUT2D eigenvalue weighted by Crippen LogP contribution is 2.60. The summed E-state index contributed by atoms with van der Waals surface area (Å²) in [5, 5.41) is 12.1. The van der Waals surface area contributed by atoms with Crippen LogP contribution in [0.15, 0.2) is 25.3 Å². The van der Waals surface area contributed by atoms with Crippen molar-refractivity contribution in [3.63, 3.8) is 0 Å². The fraction of sp³-hybridized carbons (Fsp3) is 0.724. The SMILES string of the molecule is C=CCCC(=O)NC[C@H](C)OC(=O)[C@H]1[C@@H]2O[C@@]3(CC2Br)[C@@H]1C(=O)N(CCCCO)[C@@H]3C(=O)N(CC=C)C(C)(C)C. The highest BCUT2D eigenvalue weighted by atomic mass is 79.9. The van der Waals surface area contributed by atoms with E-state index in [1.807, 2.05) is 20.8 Å². The van der Waals surface area contributed by atoms with Crippen LogP contribution in [-0.2, 0) is 28.7 Å². The number of rotatable bonds is 14. The van der Waals surface area contributed by atoms with E-state index in [2.05, 4.69) is 34.4 Å². The van der Waals surface area contributed by atoms with Gasteiger partial charge in [-0.05, 0) is 53.4 Å². The van der Waals surface area contributed by atoms with Crippen LogP contribution in [0.1, 0.15) is 59.8 Å². The fourth-order valence-corrected chi connectivity index (χ4v) is 7.12. The van der Waals surface area contributed by atoms with Gasteiger partial charge in [-0.1, -0.05) is 28.1 Å². The summed E-state index contributed by atoms with van der Waals surface area (Å²) in [6.45, 7) is 15.5. The van der Waals surface area contributed by atoms with E-state index in [0.29, 0.717) is 38.6 Å². The minimum atomic E-state index is -1.19. The lowest BCUT2D eigenvalue weighted by molar-refractivity contribution is -0.159. The summed E-state index contributed by atoms with van der Waals surface area (Å²) in [4.78, 5) is 56.8. The lowest BCUT2D eigenvalue weighted by Gasteiger charge is -2.42. The first-order chi connectivity index (χ1) is 18.8. The number of aliphatic hydroxyl groups excluding tert-OH is 1. The first kappa shape index (κ1) is 32.3. The molecule has 3 amide bonds. The van der Waals surface area contributed by atoms with Crippen LogP contribution < -0.4 is 5.32 Å². The van der Waals surface area contributed by atoms with E-state index in [4.69, 9.17) is 9.47 Å². The number of unbranched alkanes of at least 4 members (excludes halogenated alkanes) is 1. The number of ether oxygens (including phenoxy) is 2. The molecule has 0 saturated carbocycles. The summed E-state index contributed by atoms with van der Waals surface area (Å²) < 4.78 is 12.2. The van der Waals surface area contributed by atoms with E-state index in [1.165, 1.54) is 0 Å². The number of nitrogens with one attached hydrogen (secondary N) is 1. The molecule has 224 valence electrons. The highest BCUT2D eigenvalue weighted by Gasteiger charge is 2.77. The smallest absolute Gasteiger partial charge is 0.312 e. The Labute approximate surface area is 245 Å². The molecule has 1 spiro atoms. The maximum Gasteiger partial charge on any atom is 0.312 e. The number of carbonyl (C=O) groups is 4. The summed E-state index contributed by atoms with van der Waals surface area (Å²) in [6.07, 6.45) is 4.28. The number of alkyl halides is 1. The highest BCUT2D eigenvalue weighted by molar-refractivity contribution is 9.09. The summed E-state index contributed by atoms with van der Waals surface area (Å²) in [6, 6.07) is -0.924. The van der Waals surface area contributed by atoms with Crippen molar-refractivity contribution in [3.8, 4) is 0 Å². The predicted octanol–water partition coefficient (Wildman–Crippen LogP) is 2.33. The normalized spacial score (nSPS) is 29.6. The molecule has 3 aliphatic heterocycles. The number of amides is 3. The molecule has 3 heterocycles. The lowest BCUT2D eigenvalue weighted by atomic mass is 9.70. The number of nitrogens with zero attached hydrogens (tertiary/aromatic N) is 2. The number of fused-ring (bicyclic) bond motifs is 1. The van der Waals surface area contributed by atoms with E-state index < -0.39 is 47.2 Å². The number of hydrogen-bond donors (Lipinski definition) is 2. The van der Waals surface area contributed by atoms with E-state index in [-0.39, 0.29) is 42.2 Å². The zero-order valence-corrected chi connectivity index (χ0v) is 25.7. The Balaban J connectivity index is 1.89. The van der Waals surface area contributed by atoms with Crippen molar-refractivity contribution >= 4 is 39.6 Å². The third-order valence-electron chi connectivity index (χ3n) is 7.97. The van der Waals surface area contributed by atoms with Crippen molar-refractivity contribution in [1.82, 2.24) is 15.1 Å². The van der Waals surface area contributed by atoms with Crippen molar-refractivity contribution in [2.45, 2.75) is 94.0 Å². The Morgan fingerprint density at radius 1 is 1.30 bits per heavy atom. The monoisotopic (exact) mass is 625 g/mol. The van der Waals surface area contributed by atoms with E-state index in [0.717, 1.165) is 0 Å². The second kappa shape index (κ2) is 13.2. The summed E-state index contributed by atoms with van der Waals surface area (Å²) in [7, 11) is 0. The Hall–Kier alpha value is -2.24. The largest absolute Gasteiger partial charge is 0.460 e. The van der Waals surface area contributed by atoms with Gasteiger partial charge in [-0.15, -0.1) is 13.2 Å². The van der Waals surface area contributed by atoms with Gasteiger partial charge >= 0.3 is 5.97 Å². The van der Waals surface area contributed by atoms with Crippen molar-refractivity contribution in [1.29, 1.82) is 0 Å². The van der Waals surface area contributed by atoms with Crippen molar-refractivity contribution in [2.24, 2.45) is 11.8 Å². The maximum atomic E-state index is 14.3. The molecule has 1 unspecified atom stereocenters. The molecular weight excluding hydrogens is 582 g/mol. The van der Waals surface area contributed by atoms with E-state index >= 15 is 0 Å². The van der Waals surface area contributed by atoms with Gasteiger partial charge in [0.05, 0.1) is 24.5 Å². The van der Waals surface area contributed by atoms with Gasteiger partial charge in [0, 0.05) is 36.5 Å². The average Bonchev–Trinajstić information content (AvgIpc) is 3.47. The van der Waals surface area contributed by atoms with Crippen molar-refractivity contribution < 1.29 is 33.8 Å². The Morgan fingerprint density at radius 3 is 2.60 bits per heavy atom. The van der Waals surface area contributed by atoms with Crippen LogP contribution in [0.3, 0.4) is 0 Å². The fourth-order valence-electron chi connectivity index (χ4n) is 6.18. The number of halogens is 1. The van der Waals surface area contributed by atoms with E-state index in [1.54, 1.807) is 28.9 Å². The number of allylic oxidation sites excluding steroid dienone is 1. The number of hydrogen-bond acceptors (Lipinski definition) is 7. The number of esters is 1. The molecule has 3 fully saturated rings. The van der Waals surface area contributed by atoms with E-state index in [9.17, 15) is 24.3 Å². The molecule has 3 rings (SSSR count). The summed E-state index contributed by atoms with van der Waals surface area (Å²) in [5.41, 5.74) is -1.74. The van der Waals surface area contributed by atoms with Gasteiger partial charge in [-0.3, -0.25) is 19.2 Å². The third kappa shape index (κ3) is 6.31. The van der Waals surface area contributed by atoms with Crippen LogP contribution in [0, 0.1) is 11.8 Å². The van der Waals surface area contributed by atoms with Gasteiger partial charge in [-0.25, -0.2) is 0 Å². The minimum absolute atomic E-state index is 0.0290. The molecule has 10 nitrogen and oxygen atoms in total. The quantitative estimate of drug-likeness (QED) is 0.131. The molecule has 7 atom stereocenters. The molecule has 0 aromatic rings. The van der Waals surface area contributed by atoms with Crippen molar-refractivity contribution in [3.05, 3.63) is 25.3 Å². The average molecular weight is 627 g/mol. The molecule has 11 heteroatoms. The molecule has 2 bridgehead atoms.